The maximum atomic E-state index is 9.85. The molecule has 5 nitrogen and oxygen atoms in total. The number of hydrogen-bond acceptors (Lipinski definition) is 4. The van der Waals surface area contributed by atoms with Crippen LogP contribution < -0.4 is 0 Å². The second-order valence-electron chi connectivity index (χ2n) is 1.47. The van der Waals surface area contributed by atoms with E-state index < -0.39 is 17.6 Å². The molecule has 9 heavy (non-hydrogen) atoms. The smallest absolute Gasteiger partial charge is 0.319 e. The summed E-state index contributed by atoms with van der Waals surface area (Å²) in [6.45, 7) is 1.41. The average molecular weight is 155 g/mol. The Morgan fingerprint density at radius 2 is 2.22 bits per heavy atom. The van der Waals surface area contributed by atoms with Gasteiger partial charge in [0.15, 0.2) is 0 Å². The highest BCUT2D eigenvalue weighted by Gasteiger charge is 2.06. The van der Waals surface area contributed by atoms with E-state index in [0.29, 0.717) is 0 Å². The Balaban J connectivity index is 3.50. The SMILES string of the molecule is CC(O)N(C)OS(=O)O. The van der Waals surface area contributed by atoms with Crippen LogP contribution in [0, 0.1) is 0 Å². The van der Waals surface area contributed by atoms with Gasteiger partial charge in [0.2, 0.25) is 0 Å². The molecule has 0 bridgehead atoms. The van der Waals surface area contributed by atoms with Crippen LogP contribution in [-0.2, 0) is 15.6 Å². The topological polar surface area (TPSA) is 70.0 Å². The first-order chi connectivity index (χ1) is 4.04. The van der Waals surface area contributed by atoms with Crippen LogP contribution in [-0.4, -0.2) is 32.2 Å². The van der Waals surface area contributed by atoms with Crippen molar-refractivity contribution in [2.24, 2.45) is 0 Å². The third-order valence-electron chi connectivity index (χ3n) is 0.708. The molecule has 0 radical (unpaired) electrons. The summed E-state index contributed by atoms with van der Waals surface area (Å²) in [5.41, 5.74) is 0. The molecule has 56 valence electrons. The summed E-state index contributed by atoms with van der Waals surface area (Å²) in [7, 11) is 1.35. The van der Waals surface area contributed by atoms with Gasteiger partial charge in [-0.15, -0.1) is 5.06 Å². The Morgan fingerprint density at radius 3 is 2.33 bits per heavy atom. The summed E-state index contributed by atoms with van der Waals surface area (Å²) in [4.78, 5) is 0. The molecule has 2 unspecified atom stereocenters. The maximum Gasteiger partial charge on any atom is 0.319 e. The molecule has 0 saturated heterocycles. The summed E-state index contributed by atoms with van der Waals surface area (Å²) in [6, 6.07) is 0. The molecule has 6 heteroatoms. The fourth-order valence-corrected chi connectivity index (χ4v) is 0.489. The van der Waals surface area contributed by atoms with E-state index in [0.717, 1.165) is 5.06 Å². The van der Waals surface area contributed by atoms with Gasteiger partial charge < -0.3 is 5.11 Å². The predicted octanol–water partition coefficient (Wildman–Crippen LogP) is -0.675. The lowest BCUT2D eigenvalue weighted by molar-refractivity contribution is -0.139. The van der Waals surface area contributed by atoms with E-state index in [1.165, 1.54) is 14.0 Å². The lowest BCUT2D eigenvalue weighted by Crippen LogP contribution is -2.29. The van der Waals surface area contributed by atoms with E-state index in [9.17, 15) is 4.21 Å². The molecule has 0 aliphatic carbocycles. The van der Waals surface area contributed by atoms with Crippen LogP contribution in [0.25, 0.3) is 0 Å². The van der Waals surface area contributed by atoms with Gasteiger partial charge >= 0.3 is 11.4 Å². The normalized spacial score (nSPS) is 17.9. The fourth-order valence-electron chi connectivity index (χ4n) is 0.163. The van der Waals surface area contributed by atoms with E-state index in [1.54, 1.807) is 0 Å². The van der Waals surface area contributed by atoms with Crippen LogP contribution in [0.3, 0.4) is 0 Å². The van der Waals surface area contributed by atoms with Crippen molar-refractivity contribution >= 4 is 11.4 Å². The first-order valence-corrected chi connectivity index (χ1v) is 3.27. The fraction of sp³-hybridized carbons (Fsp3) is 1.00. The van der Waals surface area contributed by atoms with Gasteiger partial charge in [-0.25, -0.2) is 0 Å². The number of aliphatic hydroxyl groups is 1. The van der Waals surface area contributed by atoms with Crippen molar-refractivity contribution in [2.75, 3.05) is 7.05 Å². The van der Waals surface area contributed by atoms with Gasteiger partial charge in [-0.2, -0.15) is 8.49 Å². The Kier molecular flexibility index (Phi) is 3.91. The van der Waals surface area contributed by atoms with Crippen molar-refractivity contribution in [3.05, 3.63) is 0 Å². The van der Waals surface area contributed by atoms with Gasteiger partial charge in [-0.05, 0) is 6.92 Å². The standard InChI is InChI=1S/C3H9NO4S/c1-3(5)4(2)8-9(6)7/h3,5H,1-2H3,(H,6,7). The van der Waals surface area contributed by atoms with Gasteiger partial charge in [0.05, 0.1) is 0 Å². The minimum absolute atomic E-state index is 0.871. The predicted molar refractivity (Wildman–Crippen MR) is 31.3 cm³/mol. The number of nitrogens with zero attached hydrogens (tertiary/aromatic N) is 1. The zero-order chi connectivity index (χ0) is 7.44. The first kappa shape index (κ1) is 8.99. The molecule has 2 N–H and O–H groups in total. The molecule has 0 heterocycles. The van der Waals surface area contributed by atoms with Crippen molar-refractivity contribution < 1.29 is 18.2 Å². The zero-order valence-electron chi connectivity index (χ0n) is 5.14. The van der Waals surface area contributed by atoms with Crippen LogP contribution in [0.2, 0.25) is 0 Å². The van der Waals surface area contributed by atoms with E-state index >= 15 is 0 Å². The summed E-state index contributed by atoms with van der Waals surface area (Å²) in [6.07, 6.45) is -0.888. The molecule has 0 aromatic carbocycles. The maximum absolute atomic E-state index is 9.85. The molecule has 0 fully saturated rings. The first-order valence-electron chi connectivity index (χ1n) is 2.24. The summed E-state index contributed by atoms with van der Waals surface area (Å²) in [5.74, 6) is 0. The highest BCUT2D eigenvalue weighted by atomic mass is 32.2. The Morgan fingerprint density at radius 1 is 1.78 bits per heavy atom. The highest BCUT2D eigenvalue weighted by Crippen LogP contribution is 1.92. The van der Waals surface area contributed by atoms with Gasteiger partial charge in [-0.3, -0.25) is 4.55 Å². The minimum atomic E-state index is -2.35. The van der Waals surface area contributed by atoms with Gasteiger partial charge in [0, 0.05) is 7.05 Å². The molecular formula is C3H9NO4S. The molecule has 0 aromatic heterocycles. The summed E-state index contributed by atoms with van der Waals surface area (Å²) in [5, 5.41) is 9.50. The molecule has 0 aromatic rings. The van der Waals surface area contributed by atoms with Gasteiger partial charge in [0.25, 0.3) is 0 Å². The largest absolute Gasteiger partial charge is 0.377 e. The highest BCUT2D eigenvalue weighted by molar-refractivity contribution is 7.74. The molecule has 0 aliphatic rings. The number of hydroxylamine groups is 2. The van der Waals surface area contributed by atoms with Crippen molar-refractivity contribution in [1.29, 1.82) is 0 Å². The number of aliphatic hydroxyl groups excluding tert-OH is 1. The molecular weight excluding hydrogens is 146 g/mol. The lowest BCUT2D eigenvalue weighted by atomic mass is 10.7. The van der Waals surface area contributed by atoms with Crippen LogP contribution >= 0.6 is 0 Å². The van der Waals surface area contributed by atoms with Crippen molar-refractivity contribution in [1.82, 2.24) is 5.06 Å². The molecule has 0 amide bonds. The number of hydrogen-bond donors (Lipinski definition) is 2. The Bertz CT molecular complexity index is 106. The van der Waals surface area contributed by atoms with Crippen molar-refractivity contribution in [3.8, 4) is 0 Å². The van der Waals surface area contributed by atoms with Gasteiger partial charge in [-0.1, -0.05) is 0 Å². The van der Waals surface area contributed by atoms with Crippen LogP contribution in [0.4, 0.5) is 0 Å². The molecule has 0 spiro atoms. The molecule has 0 rings (SSSR count). The second-order valence-corrected chi connectivity index (χ2v) is 2.05. The Hall–Kier alpha value is -0.0100. The van der Waals surface area contributed by atoms with E-state index in [-0.39, 0.29) is 0 Å². The summed E-state index contributed by atoms with van der Waals surface area (Å²) >= 11 is -2.35. The summed E-state index contributed by atoms with van der Waals surface area (Å²) < 4.78 is 22.0. The Labute approximate surface area is 55.7 Å². The van der Waals surface area contributed by atoms with E-state index in [4.69, 9.17) is 9.66 Å². The average Bonchev–Trinajstić information content (AvgIpc) is 1.63. The second kappa shape index (κ2) is 3.91. The zero-order valence-corrected chi connectivity index (χ0v) is 5.96. The third-order valence-corrected chi connectivity index (χ3v) is 1.07. The monoisotopic (exact) mass is 155 g/mol. The molecule has 0 aliphatic heterocycles. The van der Waals surface area contributed by atoms with Crippen LogP contribution in [0.15, 0.2) is 0 Å². The lowest BCUT2D eigenvalue weighted by Gasteiger charge is -2.14. The van der Waals surface area contributed by atoms with Crippen molar-refractivity contribution in [2.45, 2.75) is 13.2 Å². The van der Waals surface area contributed by atoms with Gasteiger partial charge in [0.1, 0.15) is 6.23 Å². The van der Waals surface area contributed by atoms with Crippen LogP contribution in [0.1, 0.15) is 6.92 Å². The van der Waals surface area contributed by atoms with Crippen molar-refractivity contribution in [3.63, 3.8) is 0 Å². The number of rotatable bonds is 3. The third kappa shape index (κ3) is 4.49. The van der Waals surface area contributed by atoms with Crippen LogP contribution in [0.5, 0.6) is 0 Å². The minimum Gasteiger partial charge on any atom is -0.377 e. The van der Waals surface area contributed by atoms with E-state index in [2.05, 4.69) is 4.28 Å². The molecule has 0 saturated carbocycles. The quantitative estimate of drug-likeness (QED) is 0.321. The van der Waals surface area contributed by atoms with E-state index in [1.807, 2.05) is 0 Å². The molecule has 2 atom stereocenters.